The van der Waals surface area contributed by atoms with Crippen LogP contribution in [0, 0.1) is 0 Å². The normalized spacial score (nSPS) is 11.8. The third kappa shape index (κ3) is 5.43. The Morgan fingerprint density at radius 1 is 1.39 bits per heavy atom. The van der Waals surface area contributed by atoms with Crippen LogP contribution < -0.4 is 5.32 Å². The van der Waals surface area contributed by atoms with E-state index >= 15 is 0 Å². The van der Waals surface area contributed by atoms with Gasteiger partial charge in [-0.3, -0.25) is 14.6 Å². The summed E-state index contributed by atoms with van der Waals surface area (Å²) < 4.78 is 0. The molecule has 0 spiro atoms. The summed E-state index contributed by atoms with van der Waals surface area (Å²) in [7, 11) is 0. The summed E-state index contributed by atoms with van der Waals surface area (Å²) in [6.45, 7) is 1.90. The second-order valence-corrected chi connectivity index (χ2v) is 4.18. The third-order valence-electron chi connectivity index (χ3n) is 2.61. The molecule has 0 fully saturated rings. The molecule has 1 atom stereocenters. The highest BCUT2D eigenvalue weighted by Crippen LogP contribution is 2.10. The minimum Gasteiger partial charge on any atom is -0.481 e. The number of nitrogens with zero attached hydrogens (tertiary/aromatic N) is 1. The summed E-state index contributed by atoms with van der Waals surface area (Å²) in [6.07, 6.45) is 5.00. The number of carboxylic acid groups (broad SMARTS) is 1. The van der Waals surface area contributed by atoms with E-state index in [1.165, 1.54) is 0 Å². The van der Waals surface area contributed by atoms with E-state index in [1.807, 2.05) is 19.1 Å². The zero-order chi connectivity index (χ0) is 13.4. The number of unbranched alkanes of at least 4 members (excludes halogenated alkanes) is 1. The van der Waals surface area contributed by atoms with Crippen LogP contribution in [0.2, 0.25) is 0 Å². The fourth-order valence-electron chi connectivity index (χ4n) is 1.59. The summed E-state index contributed by atoms with van der Waals surface area (Å²) in [5.74, 6) is -0.879. The van der Waals surface area contributed by atoms with Gasteiger partial charge in [-0.1, -0.05) is 6.07 Å². The summed E-state index contributed by atoms with van der Waals surface area (Å²) >= 11 is 0. The Kier molecular flexibility index (Phi) is 5.84. The highest BCUT2D eigenvalue weighted by molar-refractivity contribution is 5.76. The first-order valence-electron chi connectivity index (χ1n) is 6.00. The average Bonchev–Trinajstić information content (AvgIpc) is 2.35. The Balaban J connectivity index is 2.26. The third-order valence-corrected chi connectivity index (χ3v) is 2.61. The minimum atomic E-state index is -0.820. The molecule has 1 aromatic rings. The van der Waals surface area contributed by atoms with E-state index in [0.29, 0.717) is 19.3 Å². The Morgan fingerprint density at radius 2 is 2.11 bits per heavy atom. The number of carboxylic acids is 1. The summed E-state index contributed by atoms with van der Waals surface area (Å²) in [4.78, 5) is 25.9. The van der Waals surface area contributed by atoms with E-state index in [9.17, 15) is 9.59 Å². The van der Waals surface area contributed by atoms with Crippen molar-refractivity contribution in [2.75, 3.05) is 0 Å². The fourth-order valence-corrected chi connectivity index (χ4v) is 1.59. The predicted octanol–water partition coefficient (Wildman–Crippen LogP) is 1.90. The number of amides is 1. The maximum Gasteiger partial charge on any atom is 0.303 e. The highest BCUT2D eigenvalue weighted by Gasteiger charge is 2.09. The van der Waals surface area contributed by atoms with Crippen LogP contribution in [-0.4, -0.2) is 22.0 Å². The van der Waals surface area contributed by atoms with Crippen molar-refractivity contribution in [3.63, 3.8) is 0 Å². The molecule has 0 unspecified atom stereocenters. The molecule has 0 saturated carbocycles. The Hall–Kier alpha value is -1.91. The number of hydrogen-bond donors (Lipinski definition) is 2. The second kappa shape index (κ2) is 7.42. The van der Waals surface area contributed by atoms with Gasteiger partial charge in [0, 0.05) is 25.2 Å². The maximum absolute atomic E-state index is 11.6. The van der Waals surface area contributed by atoms with Crippen molar-refractivity contribution >= 4 is 11.9 Å². The molecule has 0 aliphatic carbocycles. The van der Waals surface area contributed by atoms with Gasteiger partial charge in [-0.2, -0.15) is 0 Å². The van der Waals surface area contributed by atoms with Crippen LogP contribution in [0.15, 0.2) is 24.5 Å². The monoisotopic (exact) mass is 250 g/mol. The molecule has 0 aliphatic heterocycles. The van der Waals surface area contributed by atoms with Crippen molar-refractivity contribution in [1.82, 2.24) is 10.3 Å². The first-order chi connectivity index (χ1) is 8.59. The molecule has 1 aromatic heterocycles. The van der Waals surface area contributed by atoms with Gasteiger partial charge < -0.3 is 10.4 Å². The van der Waals surface area contributed by atoms with Crippen molar-refractivity contribution < 1.29 is 14.7 Å². The summed E-state index contributed by atoms with van der Waals surface area (Å²) in [6, 6.07) is 3.65. The number of aromatic nitrogens is 1. The van der Waals surface area contributed by atoms with Gasteiger partial charge in [0.05, 0.1) is 6.04 Å². The van der Waals surface area contributed by atoms with E-state index in [1.54, 1.807) is 12.4 Å². The van der Waals surface area contributed by atoms with Crippen molar-refractivity contribution in [2.24, 2.45) is 0 Å². The maximum atomic E-state index is 11.6. The topological polar surface area (TPSA) is 79.3 Å². The lowest BCUT2D eigenvalue weighted by atomic mass is 10.1. The van der Waals surface area contributed by atoms with Crippen LogP contribution in [0.25, 0.3) is 0 Å². The molecule has 0 aliphatic rings. The van der Waals surface area contributed by atoms with Gasteiger partial charge in [-0.15, -0.1) is 0 Å². The number of pyridine rings is 1. The van der Waals surface area contributed by atoms with Crippen LogP contribution in [0.4, 0.5) is 0 Å². The van der Waals surface area contributed by atoms with Crippen LogP contribution in [0.5, 0.6) is 0 Å². The molecule has 5 nitrogen and oxygen atoms in total. The zero-order valence-corrected chi connectivity index (χ0v) is 10.4. The van der Waals surface area contributed by atoms with E-state index in [-0.39, 0.29) is 18.4 Å². The number of nitrogens with one attached hydrogen (secondary N) is 1. The van der Waals surface area contributed by atoms with E-state index in [4.69, 9.17) is 5.11 Å². The molecular weight excluding hydrogens is 232 g/mol. The standard InChI is InChI=1S/C13H18N2O3/c1-10(11-5-4-8-14-9-11)15-12(16)6-2-3-7-13(17)18/h4-5,8-10H,2-3,6-7H2,1H3,(H,15,16)(H,17,18)/t10-/m1/s1. The van der Waals surface area contributed by atoms with Gasteiger partial charge >= 0.3 is 5.97 Å². The first kappa shape index (κ1) is 14.2. The van der Waals surface area contributed by atoms with Gasteiger partial charge in [0.25, 0.3) is 0 Å². The molecule has 5 heteroatoms. The van der Waals surface area contributed by atoms with Gasteiger partial charge in [-0.25, -0.2) is 0 Å². The van der Waals surface area contributed by atoms with Gasteiger partial charge in [0.15, 0.2) is 0 Å². The molecule has 2 N–H and O–H groups in total. The molecule has 1 amide bonds. The van der Waals surface area contributed by atoms with Crippen molar-refractivity contribution in [2.45, 2.75) is 38.6 Å². The Morgan fingerprint density at radius 3 is 2.72 bits per heavy atom. The fraction of sp³-hybridized carbons (Fsp3) is 0.462. The number of aliphatic carboxylic acids is 1. The lowest BCUT2D eigenvalue weighted by Gasteiger charge is -2.13. The summed E-state index contributed by atoms with van der Waals surface area (Å²) in [5, 5.41) is 11.3. The quantitative estimate of drug-likeness (QED) is 0.724. The zero-order valence-electron chi connectivity index (χ0n) is 10.4. The SMILES string of the molecule is C[C@@H](NC(=O)CCCCC(=O)O)c1cccnc1. The number of carbonyl (C=O) groups is 2. The van der Waals surface area contributed by atoms with Gasteiger partial charge in [0.2, 0.25) is 5.91 Å². The van der Waals surface area contributed by atoms with Gasteiger partial charge in [-0.05, 0) is 31.4 Å². The lowest BCUT2D eigenvalue weighted by Crippen LogP contribution is -2.26. The lowest BCUT2D eigenvalue weighted by molar-refractivity contribution is -0.137. The Bertz CT molecular complexity index is 392. The van der Waals surface area contributed by atoms with Crippen LogP contribution in [0.1, 0.15) is 44.2 Å². The smallest absolute Gasteiger partial charge is 0.303 e. The van der Waals surface area contributed by atoms with E-state index in [0.717, 1.165) is 5.56 Å². The number of carbonyl (C=O) groups excluding carboxylic acids is 1. The Labute approximate surface area is 106 Å². The van der Waals surface area contributed by atoms with E-state index < -0.39 is 5.97 Å². The van der Waals surface area contributed by atoms with Gasteiger partial charge in [0.1, 0.15) is 0 Å². The van der Waals surface area contributed by atoms with Crippen LogP contribution >= 0.6 is 0 Å². The molecule has 0 saturated heterocycles. The second-order valence-electron chi connectivity index (χ2n) is 4.18. The molecule has 0 aromatic carbocycles. The minimum absolute atomic E-state index is 0.0586. The van der Waals surface area contributed by atoms with Crippen LogP contribution in [-0.2, 0) is 9.59 Å². The molecule has 1 rings (SSSR count). The first-order valence-corrected chi connectivity index (χ1v) is 6.00. The molecule has 0 radical (unpaired) electrons. The van der Waals surface area contributed by atoms with Crippen molar-refractivity contribution in [1.29, 1.82) is 0 Å². The van der Waals surface area contributed by atoms with Crippen molar-refractivity contribution in [3.8, 4) is 0 Å². The summed E-state index contributed by atoms with van der Waals surface area (Å²) in [5.41, 5.74) is 0.955. The number of rotatable bonds is 7. The molecule has 1 heterocycles. The highest BCUT2D eigenvalue weighted by atomic mass is 16.4. The number of hydrogen-bond acceptors (Lipinski definition) is 3. The van der Waals surface area contributed by atoms with Crippen molar-refractivity contribution in [3.05, 3.63) is 30.1 Å². The van der Waals surface area contributed by atoms with E-state index in [2.05, 4.69) is 10.3 Å². The molecule has 0 bridgehead atoms. The molecule has 98 valence electrons. The molecule has 18 heavy (non-hydrogen) atoms. The van der Waals surface area contributed by atoms with Crippen LogP contribution in [0.3, 0.4) is 0 Å². The average molecular weight is 250 g/mol. The largest absolute Gasteiger partial charge is 0.481 e. The molecular formula is C13H18N2O3. The predicted molar refractivity (Wildman–Crippen MR) is 66.9 cm³/mol.